The second kappa shape index (κ2) is 5.05. The highest BCUT2D eigenvalue weighted by molar-refractivity contribution is 5.99. The van der Waals surface area contributed by atoms with E-state index in [1.807, 2.05) is 6.92 Å². The molecular formula is C13H18FN3O2. The molecule has 1 aromatic rings. The molecule has 1 amide bonds. The Morgan fingerprint density at radius 2 is 2.21 bits per heavy atom. The molecule has 104 valence electrons. The number of anilines is 2. The molecule has 0 aromatic heterocycles. The summed E-state index contributed by atoms with van der Waals surface area (Å²) in [5, 5.41) is 9.85. The summed E-state index contributed by atoms with van der Waals surface area (Å²) in [7, 11) is 0. The van der Waals surface area contributed by atoms with Crippen molar-refractivity contribution in [1.82, 2.24) is 0 Å². The van der Waals surface area contributed by atoms with E-state index < -0.39 is 17.8 Å². The molecule has 1 aliphatic rings. The highest BCUT2D eigenvalue weighted by Gasteiger charge is 2.26. The topological polar surface area (TPSA) is 92.6 Å². The molecule has 0 spiro atoms. The number of nitrogen functional groups attached to an aromatic ring is 1. The van der Waals surface area contributed by atoms with Gasteiger partial charge in [0.1, 0.15) is 5.82 Å². The van der Waals surface area contributed by atoms with Crippen molar-refractivity contribution in [2.75, 3.05) is 23.7 Å². The van der Waals surface area contributed by atoms with Crippen molar-refractivity contribution < 1.29 is 14.3 Å². The molecule has 0 aliphatic carbocycles. The fourth-order valence-electron chi connectivity index (χ4n) is 2.30. The lowest BCUT2D eigenvalue weighted by Crippen LogP contribution is -2.43. The van der Waals surface area contributed by atoms with Crippen LogP contribution in [0.2, 0.25) is 0 Å². The van der Waals surface area contributed by atoms with Gasteiger partial charge in [-0.25, -0.2) is 4.39 Å². The quantitative estimate of drug-likeness (QED) is 0.688. The van der Waals surface area contributed by atoms with Gasteiger partial charge in [-0.2, -0.15) is 0 Å². The molecule has 2 atom stereocenters. The number of piperidine rings is 1. The molecule has 6 heteroatoms. The van der Waals surface area contributed by atoms with Crippen LogP contribution in [0.15, 0.2) is 12.1 Å². The smallest absolute Gasteiger partial charge is 0.250 e. The van der Waals surface area contributed by atoms with Crippen molar-refractivity contribution >= 4 is 17.3 Å². The summed E-state index contributed by atoms with van der Waals surface area (Å²) < 4.78 is 13.9. The molecule has 2 unspecified atom stereocenters. The average molecular weight is 267 g/mol. The SMILES string of the molecule is CC1CCN(c2cc(C(N)=O)c(N)cc2F)CC1O. The highest BCUT2D eigenvalue weighted by Crippen LogP contribution is 2.29. The summed E-state index contributed by atoms with van der Waals surface area (Å²) in [6.07, 6.45) is 0.249. The number of rotatable bonds is 2. The zero-order chi connectivity index (χ0) is 14.2. The van der Waals surface area contributed by atoms with Crippen LogP contribution < -0.4 is 16.4 Å². The van der Waals surface area contributed by atoms with E-state index in [1.165, 1.54) is 6.07 Å². The van der Waals surface area contributed by atoms with Crippen molar-refractivity contribution in [3.63, 3.8) is 0 Å². The monoisotopic (exact) mass is 267 g/mol. The molecule has 2 rings (SSSR count). The zero-order valence-electron chi connectivity index (χ0n) is 10.8. The van der Waals surface area contributed by atoms with Gasteiger partial charge in [-0.1, -0.05) is 6.92 Å². The van der Waals surface area contributed by atoms with Crippen LogP contribution in [0, 0.1) is 11.7 Å². The lowest BCUT2D eigenvalue weighted by molar-refractivity contribution is 0.100. The first-order valence-electron chi connectivity index (χ1n) is 6.22. The third-order valence-corrected chi connectivity index (χ3v) is 3.64. The number of hydrogen-bond donors (Lipinski definition) is 3. The second-order valence-corrected chi connectivity index (χ2v) is 5.03. The zero-order valence-corrected chi connectivity index (χ0v) is 10.8. The Balaban J connectivity index is 2.34. The summed E-state index contributed by atoms with van der Waals surface area (Å²) in [5.74, 6) is -1.02. The molecule has 0 saturated carbocycles. The van der Waals surface area contributed by atoms with Crippen LogP contribution >= 0.6 is 0 Å². The fourth-order valence-corrected chi connectivity index (χ4v) is 2.30. The van der Waals surface area contributed by atoms with E-state index in [2.05, 4.69) is 0 Å². The van der Waals surface area contributed by atoms with E-state index in [0.29, 0.717) is 13.1 Å². The number of aliphatic hydroxyl groups is 1. The van der Waals surface area contributed by atoms with Crippen LogP contribution in [0.5, 0.6) is 0 Å². The van der Waals surface area contributed by atoms with Crippen LogP contribution in [0.25, 0.3) is 0 Å². The Morgan fingerprint density at radius 3 is 2.79 bits per heavy atom. The molecular weight excluding hydrogens is 249 g/mol. The average Bonchev–Trinajstić information content (AvgIpc) is 2.32. The summed E-state index contributed by atoms with van der Waals surface area (Å²) in [5.41, 5.74) is 11.2. The maximum absolute atomic E-state index is 13.9. The molecule has 0 radical (unpaired) electrons. The third-order valence-electron chi connectivity index (χ3n) is 3.64. The molecule has 5 nitrogen and oxygen atoms in total. The van der Waals surface area contributed by atoms with E-state index in [-0.39, 0.29) is 22.9 Å². The molecule has 19 heavy (non-hydrogen) atoms. The number of amides is 1. The van der Waals surface area contributed by atoms with Crippen LogP contribution in [0.4, 0.5) is 15.8 Å². The van der Waals surface area contributed by atoms with Crippen LogP contribution in [0.1, 0.15) is 23.7 Å². The minimum Gasteiger partial charge on any atom is -0.398 e. The largest absolute Gasteiger partial charge is 0.398 e. The first-order chi connectivity index (χ1) is 8.90. The van der Waals surface area contributed by atoms with Gasteiger partial charge in [-0.05, 0) is 24.5 Å². The van der Waals surface area contributed by atoms with E-state index in [4.69, 9.17) is 11.5 Å². The molecule has 1 heterocycles. The number of carbonyl (C=O) groups is 1. The molecule has 0 bridgehead atoms. The number of benzene rings is 1. The number of halogens is 1. The van der Waals surface area contributed by atoms with Gasteiger partial charge >= 0.3 is 0 Å². The van der Waals surface area contributed by atoms with E-state index in [0.717, 1.165) is 12.5 Å². The standard InChI is InChI=1S/C13H18FN3O2/c1-7-2-3-17(6-12(7)18)11-4-8(13(16)19)10(15)5-9(11)14/h4-5,7,12,18H,2-3,6,15H2,1H3,(H2,16,19). The summed E-state index contributed by atoms with van der Waals surface area (Å²) in [6, 6.07) is 2.45. The number of carbonyl (C=O) groups excluding carboxylic acids is 1. The van der Waals surface area contributed by atoms with Crippen molar-refractivity contribution in [2.45, 2.75) is 19.4 Å². The molecule has 1 fully saturated rings. The Labute approximate surface area is 111 Å². The van der Waals surface area contributed by atoms with E-state index in [9.17, 15) is 14.3 Å². The maximum atomic E-state index is 13.9. The highest BCUT2D eigenvalue weighted by atomic mass is 19.1. The Kier molecular flexibility index (Phi) is 3.61. The van der Waals surface area contributed by atoms with Gasteiger partial charge in [-0.15, -0.1) is 0 Å². The van der Waals surface area contributed by atoms with Gasteiger partial charge < -0.3 is 21.5 Å². The second-order valence-electron chi connectivity index (χ2n) is 5.03. The Hall–Kier alpha value is -1.82. The van der Waals surface area contributed by atoms with E-state index in [1.54, 1.807) is 4.90 Å². The number of nitrogens with zero attached hydrogens (tertiary/aromatic N) is 1. The van der Waals surface area contributed by atoms with Crippen LogP contribution in [-0.2, 0) is 0 Å². The molecule has 1 aliphatic heterocycles. The number of primary amides is 1. The van der Waals surface area contributed by atoms with Gasteiger partial charge in [0.25, 0.3) is 5.91 Å². The molecule has 1 saturated heterocycles. The first-order valence-corrected chi connectivity index (χ1v) is 6.22. The predicted molar refractivity (Wildman–Crippen MR) is 71.3 cm³/mol. The minimum atomic E-state index is -0.690. The van der Waals surface area contributed by atoms with Crippen molar-refractivity contribution in [1.29, 1.82) is 0 Å². The molecule has 5 N–H and O–H groups in total. The van der Waals surface area contributed by atoms with Gasteiger partial charge in [-0.3, -0.25) is 4.79 Å². The fraction of sp³-hybridized carbons (Fsp3) is 0.462. The maximum Gasteiger partial charge on any atom is 0.250 e. The summed E-state index contributed by atoms with van der Waals surface area (Å²) in [4.78, 5) is 13.0. The van der Waals surface area contributed by atoms with Crippen molar-refractivity contribution in [3.8, 4) is 0 Å². The number of nitrogens with two attached hydrogens (primary N) is 2. The first kappa shape index (κ1) is 13.6. The lowest BCUT2D eigenvalue weighted by atomic mass is 9.95. The normalized spacial score (nSPS) is 23.4. The Morgan fingerprint density at radius 1 is 1.53 bits per heavy atom. The van der Waals surface area contributed by atoms with Gasteiger partial charge in [0.05, 0.1) is 17.4 Å². The van der Waals surface area contributed by atoms with Crippen molar-refractivity contribution in [3.05, 3.63) is 23.5 Å². The lowest BCUT2D eigenvalue weighted by Gasteiger charge is -2.36. The number of β-amino-alcohol motifs (C(OH)–C–C–N with tert-alkyl or cyclic N) is 1. The third kappa shape index (κ3) is 2.63. The van der Waals surface area contributed by atoms with E-state index >= 15 is 0 Å². The van der Waals surface area contributed by atoms with Crippen LogP contribution in [0.3, 0.4) is 0 Å². The number of aliphatic hydroxyl groups excluding tert-OH is 1. The minimum absolute atomic E-state index is 0.0275. The summed E-state index contributed by atoms with van der Waals surface area (Å²) in [6.45, 7) is 2.91. The molecule has 1 aromatic carbocycles. The number of hydrogen-bond acceptors (Lipinski definition) is 4. The van der Waals surface area contributed by atoms with Crippen molar-refractivity contribution in [2.24, 2.45) is 11.7 Å². The summed E-state index contributed by atoms with van der Waals surface area (Å²) >= 11 is 0. The van der Waals surface area contributed by atoms with Gasteiger partial charge in [0, 0.05) is 18.8 Å². The predicted octanol–water partition coefficient (Wildman–Crippen LogP) is 0.714. The van der Waals surface area contributed by atoms with Crippen LogP contribution in [-0.4, -0.2) is 30.2 Å². The van der Waals surface area contributed by atoms with Gasteiger partial charge in [0.2, 0.25) is 0 Å². The van der Waals surface area contributed by atoms with Gasteiger partial charge in [0.15, 0.2) is 0 Å². The Bertz CT molecular complexity index is 507.